The summed E-state index contributed by atoms with van der Waals surface area (Å²) in [5.74, 6) is -0.137. The number of anilines is 1. The Morgan fingerprint density at radius 2 is 1.38 bits per heavy atom. The minimum Gasteiger partial charge on any atom is -0.338 e. The number of amides is 1. The molecule has 1 aliphatic rings. The quantitative estimate of drug-likeness (QED) is 0.430. The number of benzene rings is 3. The molecule has 1 heterocycles. The van der Waals surface area contributed by atoms with Crippen molar-refractivity contribution in [3.63, 3.8) is 0 Å². The highest BCUT2D eigenvalue weighted by Crippen LogP contribution is 2.30. The molecule has 37 heavy (non-hydrogen) atoms. The van der Waals surface area contributed by atoms with E-state index >= 15 is 0 Å². The summed E-state index contributed by atoms with van der Waals surface area (Å²) in [6, 6.07) is 25.8. The lowest BCUT2D eigenvalue weighted by Gasteiger charge is -2.42. The van der Waals surface area contributed by atoms with Gasteiger partial charge in [-0.3, -0.25) is 14.0 Å². The van der Waals surface area contributed by atoms with Gasteiger partial charge in [-0.05, 0) is 54.7 Å². The zero-order chi connectivity index (χ0) is 26.6. The number of hydrogen-bond donors (Lipinski definition) is 0. The van der Waals surface area contributed by atoms with Crippen molar-refractivity contribution in [2.75, 3.05) is 36.7 Å². The molecule has 3 aromatic carbocycles. The maximum absolute atomic E-state index is 13.8. The van der Waals surface area contributed by atoms with Crippen LogP contribution in [-0.2, 0) is 14.8 Å². The van der Waals surface area contributed by atoms with Crippen LogP contribution < -0.4 is 4.31 Å². The summed E-state index contributed by atoms with van der Waals surface area (Å²) in [6.45, 7) is 8.34. The van der Waals surface area contributed by atoms with Crippen LogP contribution in [0.15, 0.2) is 78.9 Å². The molecular formula is C30H37N3O3S. The van der Waals surface area contributed by atoms with E-state index in [2.05, 4.69) is 53.4 Å². The highest BCUT2D eigenvalue weighted by Gasteiger charge is 2.36. The largest absolute Gasteiger partial charge is 0.338 e. The summed E-state index contributed by atoms with van der Waals surface area (Å²) in [6.07, 6.45) is 1.58. The van der Waals surface area contributed by atoms with E-state index in [-0.39, 0.29) is 11.9 Å². The van der Waals surface area contributed by atoms with Gasteiger partial charge in [-0.25, -0.2) is 8.42 Å². The molecule has 1 atom stereocenters. The van der Waals surface area contributed by atoms with Crippen LogP contribution in [0.1, 0.15) is 41.6 Å². The molecule has 4 rings (SSSR count). The van der Waals surface area contributed by atoms with Gasteiger partial charge in [0.25, 0.3) is 0 Å². The summed E-state index contributed by atoms with van der Waals surface area (Å²) in [5.41, 5.74) is 5.06. The third kappa shape index (κ3) is 6.05. The molecule has 1 aliphatic heterocycles. The molecule has 0 spiro atoms. The molecule has 0 unspecified atom stereocenters. The van der Waals surface area contributed by atoms with Crippen LogP contribution in [-0.4, -0.2) is 62.6 Å². The molecule has 3 aromatic rings. The van der Waals surface area contributed by atoms with Gasteiger partial charge in [0, 0.05) is 26.2 Å². The van der Waals surface area contributed by atoms with Crippen LogP contribution in [0.3, 0.4) is 0 Å². The first-order valence-electron chi connectivity index (χ1n) is 12.9. The van der Waals surface area contributed by atoms with Gasteiger partial charge in [0.2, 0.25) is 15.9 Å². The second-order valence-electron chi connectivity index (χ2n) is 9.84. The first-order valence-corrected chi connectivity index (χ1v) is 14.7. The van der Waals surface area contributed by atoms with Gasteiger partial charge in [0.05, 0.1) is 18.0 Å². The molecule has 0 saturated carbocycles. The third-order valence-corrected chi connectivity index (χ3v) is 8.46. The molecule has 0 bridgehead atoms. The van der Waals surface area contributed by atoms with Crippen molar-refractivity contribution >= 4 is 21.6 Å². The van der Waals surface area contributed by atoms with Gasteiger partial charge in [-0.1, -0.05) is 73.7 Å². The summed E-state index contributed by atoms with van der Waals surface area (Å²) >= 11 is 0. The van der Waals surface area contributed by atoms with E-state index in [9.17, 15) is 13.2 Å². The Hall–Kier alpha value is -3.16. The van der Waals surface area contributed by atoms with E-state index in [1.165, 1.54) is 21.7 Å². The molecule has 1 saturated heterocycles. The van der Waals surface area contributed by atoms with Gasteiger partial charge < -0.3 is 4.90 Å². The molecule has 7 heteroatoms. The van der Waals surface area contributed by atoms with E-state index in [0.717, 1.165) is 11.1 Å². The van der Waals surface area contributed by atoms with Crippen molar-refractivity contribution in [3.05, 3.63) is 101 Å². The smallest absolute Gasteiger partial charge is 0.246 e. The normalized spacial score (nSPS) is 15.5. The van der Waals surface area contributed by atoms with Crippen molar-refractivity contribution in [2.45, 2.75) is 39.3 Å². The number of piperazine rings is 1. The van der Waals surface area contributed by atoms with E-state index in [1.54, 1.807) is 6.07 Å². The van der Waals surface area contributed by atoms with Gasteiger partial charge in [-0.15, -0.1) is 0 Å². The predicted octanol–water partition coefficient (Wildman–Crippen LogP) is 4.78. The van der Waals surface area contributed by atoms with Crippen molar-refractivity contribution in [3.8, 4) is 0 Å². The Labute approximate surface area is 221 Å². The van der Waals surface area contributed by atoms with Crippen LogP contribution in [0, 0.1) is 13.8 Å². The monoisotopic (exact) mass is 519 g/mol. The number of carbonyl (C=O) groups excluding carboxylic acids is 1. The van der Waals surface area contributed by atoms with Crippen LogP contribution in [0.2, 0.25) is 0 Å². The number of carbonyl (C=O) groups is 1. The van der Waals surface area contributed by atoms with Crippen LogP contribution >= 0.6 is 0 Å². The Morgan fingerprint density at radius 3 is 1.84 bits per heavy atom. The van der Waals surface area contributed by atoms with Crippen molar-refractivity contribution in [1.82, 2.24) is 9.80 Å². The molecule has 0 radical (unpaired) electrons. The molecule has 1 amide bonds. The highest BCUT2D eigenvalue weighted by atomic mass is 32.2. The number of rotatable bonds is 8. The topological polar surface area (TPSA) is 60.9 Å². The lowest BCUT2D eigenvalue weighted by atomic mass is 9.96. The molecule has 0 N–H and O–H groups in total. The van der Waals surface area contributed by atoms with Crippen LogP contribution in [0.25, 0.3) is 0 Å². The van der Waals surface area contributed by atoms with Crippen LogP contribution in [0.4, 0.5) is 5.69 Å². The van der Waals surface area contributed by atoms with Gasteiger partial charge in [-0.2, -0.15) is 0 Å². The fourth-order valence-electron chi connectivity index (χ4n) is 5.20. The zero-order valence-corrected chi connectivity index (χ0v) is 23.0. The van der Waals surface area contributed by atoms with Crippen molar-refractivity contribution < 1.29 is 13.2 Å². The standard InChI is InChI=1S/C30H37N3O3S/c1-5-28(33(37(4,35)36)27-17-16-23(2)24(3)22-27)30(34)32-20-18-31(19-21-32)29(25-12-8-6-9-13-25)26-14-10-7-11-15-26/h6-17,22,28-29H,5,18-21H2,1-4H3/t28-/m1/s1. The Morgan fingerprint density at radius 1 is 0.838 bits per heavy atom. The number of hydrogen-bond acceptors (Lipinski definition) is 4. The summed E-state index contributed by atoms with van der Waals surface area (Å²) in [7, 11) is -3.66. The number of sulfonamides is 1. The molecule has 1 fully saturated rings. The predicted molar refractivity (Wildman–Crippen MR) is 150 cm³/mol. The average molecular weight is 520 g/mol. The molecular weight excluding hydrogens is 482 g/mol. The maximum Gasteiger partial charge on any atom is 0.246 e. The molecule has 6 nitrogen and oxygen atoms in total. The zero-order valence-electron chi connectivity index (χ0n) is 22.2. The number of aryl methyl sites for hydroxylation is 2. The average Bonchev–Trinajstić information content (AvgIpc) is 2.90. The van der Waals surface area contributed by atoms with Gasteiger partial charge in [0.1, 0.15) is 6.04 Å². The Kier molecular flexibility index (Phi) is 8.35. The summed E-state index contributed by atoms with van der Waals surface area (Å²) in [5, 5.41) is 0. The minimum atomic E-state index is -3.66. The van der Waals surface area contributed by atoms with E-state index in [0.29, 0.717) is 38.3 Å². The number of nitrogens with zero attached hydrogens (tertiary/aromatic N) is 3. The van der Waals surface area contributed by atoms with Gasteiger partial charge in [0.15, 0.2) is 0 Å². The second kappa shape index (κ2) is 11.5. The molecule has 0 aliphatic carbocycles. The Balaban J connectivity index is 1.55. The van der Waals surface area contributed by atoms with E-state index < -0.39 is 16.1 Å². The van der Waals surface area contributed by atoms with Crippen LogP contribution in [0.5, 0.6) is 0 Å². The van der Waals surface area contributed by atoms with Gasteiger partial charge >= 0.3 is 0 Å². The maximum atomic E-state index is 13.8. The fraction of sp³-hybridized carbons (Fsp3) is 0.367. The fourth-order valence-corrected chi connectivity index (χ4v) is 6.40. The third-order valence-electron chi connectivity index (χ3n) is 7.28. The highest BCUT2D eigenvalue weighted by molar-refractivity contribution is 7.92. The van der Waals surface area contributed by atoms with Crippen molar-refractivity contribution in [1.29, 1.82) is 0 Å². The second-order valence-corrected chi connectivity index (χ2v) is 11.7. The summed E-state index contributed by atoms with van der Waals surface area (Å²) in [4.78, 5) is 18.0. The molecule has 196 valence electrons. The lowest BCUT2D eigenvalue weighted by molar-refractivity contribution is -0.134. The van der Waals surface area contributed by atoms with E-state index in [4.69, 9.17) is 0 Å². The summed E-state index contributed by atoms with van der Waals surface area (Å²) < 4.78 is 27.1. The Bertz CT molecular complexity index is 1260. The lowest BCUT2D eigenvalue weighted by Crippen LogP contribution is -2.56. The first kappa shape index (κ1) is 26.9. The molecule has 0 aromatic heterocycles. The van der Waals surface area contributed by atoms with Crippen molar-refractivity contribution in [2.24, 2.45) is 0 Å². The van der Waals surface area contributed by atoms with E-state index in [1.807, 2.05) is 49.9 Å². The minimum absolute atomic E-state index is 0.102. The SMILES string of the molecule is CC[C@H](C(=O)N1CCN(C(c2ccccc2)c2ccccc2)CC1)N(c1ccc(C)c(C)c1)S(C)(=O)=O. The first-order chi connectivity index (χ1) is 17.7.